The van der Waals surface area contributed by atoms with Crippen molar-refractivity contribution in [2.24, 2.45) is 0 Å². The standard InChI is InChI=1S/C14H24N2/c1-6-7-8-12-9-13(10(2)3)16-14(15-12)11(4)5/h9-11H,6-8H2,1-5H3. The summed E-state index contributed by atoms with van der Waals surface area (Å²) in [5.74, 6) is 1.90. The van der Waals surface area contributed by atoms with E-state index < -0.39 is 0 Å². The Kier molecular flexibility index (Phi) is 4.91. The third-order valence-corrected chi connectivity index (χ3v) is 2.71. The van der Waals surface area contributed by atoms with Crippen molar-refractivity contribution >= 4 is 0 Å². The van der Waals surface area contributed by atoms with Crippen molar-refractivity contribution in [2.75, 3.05) is 0 Å². The van der Waals surface area contributed by atoms with Crippen LogP contribution in [0.3, 0.4) is 0 Å². The fraction of sp³-hybridized carbons (Fsp3) is 0.714. The second kappa shape index (κ2) is 5.97. The monoisotopic (exact) mass is 220 g/mol. The zero-order chi connectivity index (χ0) is 12.1. The van der Waals surface area contributed by atoms with E-state index in [0.29, 0.717) is 11.8 Å². The van der Waals surface area contributed by atoms with Gasteiger partial charge in [0, 0.05) is 17.3 Å². The number of aromatic nitrogens is 2. The SMILES string of the molecule is CCCCc1cc(C(C)C)nc(C(C)C)n1. The van der Waals surface area contributed by atoms with Gasteiger partial charge < -0.3 is 0 Å². The molecule has 1 rings (SSSR count). The maximum Gasteiger partial charge on any atom is 0.131 e. The Hall–Kier alpha value is -0.920. The fourth-order valence-corrected chi connectivity index (χ4v) is 1.58. The van der Waals surface area contributed by atoms with Crippen LogP contribution in [0.5, 0.6) is 0 Å². The van der Waals surface area contributed by atoms with E-state index in [4.69, 9.17) is 0 Å². The molecule has 0 aliphatic heterocycles. The van der Waals surface area contributed by atoms with Crippen LogP contribution in [0.25, 0.3) is 0 Å². The van der Waals surface area contributed by atoms with Crippen LogP contribution in [0.15, 0.2) is 6.07 Å². The summed E-state index contributed by atoms with van der Waals surface area (Å²) in [4.78, 5) is 9.27. The predicted molar refractivity (Wildman–Crippen MR) is 68.8 cm³/mol. The summed E-state index contributed by atoms with van der Waals surface area (Å²) in [7, 11) is 0. The molecule has 1 heterocycles. The molecule has 0 radical (unpaired) electrons. The normalized spacial score (nSPS) is 11.4. The van der Waals surface area contributed by atoms with Crippen LogP contribution in [-0.2, 0) is 6.42 Å². The van der Waals surface area contributed by atoms with E-state index in [1.807, 2.05) is 0 Å². The highest BCUT2D eigenvalue weighted by Crippen LogP contribution is 2.17. The summed E-state index contributed by atoms with van der Waals surface area (Å²) in [5, 5.41) is 0. The molecule has 0 N–H and O–H groups in total. The molecule has 0 aliphatic carbocycles. The molecule has 0 bridgehead atoms. The molecule has 2 heteroatoms. The second-order valence-electron chi connectivity index (χ2n) is 5.06. The number of hydrogen-bond acceptors (Lipinski definition) is 2. The Balaban J connectivity index is 2.99. The molecule has 0 saturated carbocycles. The Morgan fingerprint density at radius 2 is 1.75 bits per heavy atom. The summed E-state index contributed by atoms with van der Waals surface area (Å²) >= 11 is 0. The van der Waals surface area contributed by atoms with Gasteiger partial charge in [0.15, 0.2) is 0 Å². The maximum atomic E-state index is 4.64. The first-order valence-corrected chi connectivity index (χ1v) is 6.42. The van der Waals surface area contributed by atoms with E-state index >= 15 is 0 Å². The van der Waals surface area contributed by atoms with Gasteiger partial charge >= 0.3 is 0 Å². The third kappa shape index (κ3) is 3.58. The van der Waals surface area contributed by atoms with E-state index in [1.165, 1.54) is 24.2 Å². The van der Waals surface area contributed by atoms with Crippen molar-refractivity contribution in [3.63, 3.8) is 0 Å². The minimum Gasteiger partial charge on any atom is -0.238 e. The average Bonchev–Trinajstić information content (AvgIpc) is 2.25. The van der Waals surface area contributed by atoms with Gasteiger partial charge in [-0.25, -0.2) is 9.97 Å². The Bertz CT molecular complexity index is 303. The van der Waals surface area contributed by atoms with Gasteiger partial charge in [-0.1, -0.05) is 41.0 Å². The van der Waals surface area contributed by atoms with Gasteiger partial charge in [-0.2, -0.15) is 0 Å². The summed E-state index contributed by atoms with van der Waals surface area (Å²) in [6.07, 6.45) is 3.52. The summed E-state index contributed by atoms with van der Waals surface area (Å²) in [6, 6.07) is 2.17. The van der Waals surface area contributed by atoms with Gasteiger partial charge in [0.2, 0.25) is 0 Å². The highest BCUT2D eigenvalue weighted by atomic mass is 14.9. The Morgan fingerprint density at radius 1 is 1.06 bits per heavy atom. The summed E-state index contributed by atoms with van der Waals surface area (Å²) in [5.41, 5.74) is 2.40. The zero-order valence-corrected chi connectivity index (χ0v) is 11.2. The summed E-state index contributed by atoms with van der Waals surface area (Å²) < 4.78 is 0. The van der Waals surface area contributed by atoms with Crippen LogP contribution in [0.1, 0.15) is 76.5 Å². The molecule has 0 aliphatic rings. The van der Waals surface area contributed by atoms with Gasteiger partial charge in [-0.15, -0.1) is 0 Å². The minimum atomic E-state index is 0.416. The topological polar surface area (TPSA) is 25.8 Å². The van der Waals surface area contributed by atoms with Crippen LogP contribution in [0, 0.1) is 0 Å². The third-order valence-electron chi connectivity index (χ3n) is 2.71. The Morgan fingerprint density at radius 3 is 2.25 bits per heavy atom. The van der Waals surface area contributed by atoms with Crippen molar-refractivity contribution in [3.8, 4) is 0 Å². The van der Waals surface area contributed by atoms with Crippen LogP contribution in [0.2, 0.25) is 0 Å². The molecular formula is C14H24N2. The fourth-order valence-electron chi connectivity index (χ4n) is 1.58. The molecule has 0 atom stereocenters. The highest BCUT2D eigenvalue weighted by Gasteiger charge is 2.09. The lowest BCUT2D eigenvalue weighted by Gasteiger charge is -2.12. The number of nitrogens with zero attached hydrogens (tertiary/aromatic N) is 2. The molecule has 0 spiro atoms. The zero-order valence-electron chi connectivity index (χ0n) is 11.2. The van der Waals surface area contributed by atoms with Crippen molar-refractivity contribution in [1.82, 2.24) is 9.97 Å². The van der Waals surface area contributed by atoms with Crippen LogP contribution in [-0.4, -0.2) is 9.97 Å². The number of hydrogen-bond donors (Lipinski definition) is 0. The molecule has 0 fully saturated rings. The lowest BCUT2D eigenvalue weighted by Crippen LogP contribution is -2.06. The van der Waals surface area contributed by atoms with Crippen molar-refractivity contribution in [1.29, 1.82) is 0 Å². The van der Waals surface area contributed by atoms with E-state index in [2.05, 4.69) is 50.7 Å². The first-order valence-electron chi connectivity index (χ1n) is 6.42. The lowest BCUT2D eigenvalue weighted by atomic mass is 10.1. The molecule has 90 valence electrons. The highest BCUT2D eigenvalue weighted by molar-refractivity contribution is 5.15. The number of rotatable bonds is 5. The van der Waals surface area contributed by atoms with Crippen LogP contribution >= 0.6 is 0 Å². The lowest BCUT2D eigenvalue weighted by molar-refractivity contribution is 0.696. The number of unbranched alkanes of at least 4 members (excludes halogenated alkanes) is 1. The molecular weight excluding hydrogens is 196 g/mol. The van der Waals surface area contributed by atoms with Crippen molar-refractivity contribution in [3.05, 3.63) is 23.3 Å². The van der Waals surface area contributed by atoms with E-state index in [9.17, 15) is 0 Å². The smallest absolute Gasteiger partial charge is 0.131 e. The van der Waals surface area contributed by atoms with E-state index in [1.54, 1.807) is 0 Å². The molecule has 1 aromatic rings. The molecule has 2 nitrogen and oxygen atoms in total. The van der Waals surface area contributed by atoms with Gasteiger partial charge in [-0.05, 0) is 24.8 Å². The van der Waals surface area contributed by atoms with Crippen molar-refractivity contribution < 1.29 is 0 Å². The Labute approximate surface area is 99.5 Å². The first kappa shape index (κ1) is 13.1. The van der Waals surface area contributed by atoms with Gasteiger partial charge in [0.05, 0.1) is 0 Å². The van der Waals surface area contributed by atoms with E-state index in [0.717, 1.165) is 12.2 Å². The van der Waals surface area contributed by atoms with Crippen LogP contribution < -0.4 is 0 Å². The summed E-state index contributed by atoms with van der Waals surface area (Å²) in [6.45, 7) is 10.9. The minimum absolute atomic E-state index is 0.416. The molecule has 0 saturated heterocycles. The number of aryl methyl sites for hydroxylation is 1. The molecule has 0 amide bonds. The second-order valence-corrected chi connectivity index (χ2v) is 5.06. The molecule has 1 aromatic heterocycles. The molecule has 0 unspecified atom stereocenters. The van der Waals surface area contributed by atoms with Gasteiger partial charge in [-0.3, -0.25) is 0 Å². The maximum absolute atomic E-state index is 4.64. The average molecular weight is 220 g/mol. The predicted octanol–water partition coefficient (Wildman–Crippen LogP) is 4.07. The molecule has 0 aromatic carbocycles. The van der Waals surface area contributed by atoms with Crippen molar-refractivity contribution in [2.45, 2.75) is 65.7 Å². The van der Waals surface area contributed by atoms with Gasteiger partial charge in [0.25, 0.3) is 0 Å². The van der Waals surface area contributed by atoms with Gasteiger partial charge in [0.1, 0.15) is 5.82 Å². The van der Waals surface area contributed by atoms with E-state index in [-0.39, 0.29) is 0 Å². The largest absolute Gasteiger partial charge is 0.238 e. The van der Waals surface area contributed by atoms with Crippen LogP contribution in [0.4, 0.5) is 0 Å². The quantitative estimate of drug-likeness (QED) is 0.747. The molecule has 16 heavy (non-hydrogen) atoms. The first-order chi connectivity index (χ1) is 7.54.